The Balaban J connectivity index is 0.00000259. The summed E-state index contributed by atoms with van der Waals surface area (Å²) < 4.78 is 0. The molecule has 33 heavy (non-hydrogen) atoms. The van der Waals surface area contributed by atoms with Crippen LogP contribution in [0.4, 0.5) is 11.4 Å². The molecule has 0 bridgehead atoms. The molecule has 0 unspecified atom stereocenters. The van der Waals surface area contributed by atoms with Crippen molar-refractivity contribution in [3.8, 4) is 0 Å². The zero-order valence-corrected chi connectivity index (χ0v) is 20.4. The maximum Gasteiger partial charge on any atom is 0.0920 e. The SMILES string of the molecule is Cc1ccc(C2(O)CCN(CCCN3c4ccccc4CCc4ccccc43)CC2)cc1.Cl. The summed E-state index contributed by atoms with van der Waals surface area (Å²) in [5, 5.41) is 11.2. The molecule has 2 aliphatic rings. The Kier molecular flexibility index (Phi) is 7.43. The van der Waals surface area contributed by atoms with E-state index in [1.54, 1.807) is 0 Å². The standard InChI is InChI=1S/C29H34N2O.ClH/c1-23-11-15-26(16-12-23)29(32)17-21-30(22-18-29)19-6-20-31-27-9-4-2-7-24(27)13-14-25-8-3-5-10-28(25)31;/h2-5,7-12,15-16,32H,6,13-14,17-22H2,1H3;1H. The fourth-order valence-electron chi connectivity index (χ4n) is 5.36. The minimum Gasteiger partial charge on any atom is -0.385 e. The summed E-state index contributed by atoms with van der Waals surface area (Å²) in [6.07, 6.45) is 4.95. The number of aliphatic hydroxyl groups is 1. The number of piperidine rings is 1. The van der Waals surface area contributed by atoms with Gasteiger partial charge in [0.1, 0.15) is 0 Å². The molecule has 174 valence electrons. The monoisotopic (exact) mass is 462 g/mol. The van der Waals surface area contributed by atoms with Crippen LogP contribution in [0.3, 0.4) is 0 Å². The highest BCUT2D eigenvalue weighted by atomic mass is 35.5. The quantitative estimate of drug-likeness (QED) is 0.501. The van der Waals surface area contributed by atoms with Crippen LogP contribution in [0.5, 0.6) is 0 Å². The van der Waals surface area contributed by atoms with Gasteiger partial charge in [-0.2, -0.15) is 0 Å². The van der Waals surface area contributed by atoms with Crippen molar-refractivity contribution in [2.75, 3.05) is 31.1 Å². The number of aryl methyl sites for hydroxylation is 3. The molecule has 3 aromatic rings. The first kappa shape index (κ1) is 23.8. The van der Waals surface area contributed by atoms with E-state index in [0.29, 0.717) is 0 Å². The largest absolute Gasteiger partial charge is 0.385 e. The van der Waals surface area contributed by atoms with Gasteiger partial charge in [-0.15, -0.1) is 12.4 Å². The van der Waals surface area contributed by atoms with E-state index in [-0.39, 0.29) is 12.4 Å². The zero-order valence-electron chi connectivity index (χ0n) is 19.5. The van der Waals surface area contributed by atoms with Crippen LogP contribution in [0.2, 0.25) is 0 Å². The average Bonchev–Trinajstić information content (AvgIpc) is 2.98. The molecule has 4 heteroatoms. The summed E-state index contributed by atoms with van der Waals surface area (Å²) in [6, 6.07) is 26.2. The first-order valence-electron chi connectivity index (χ1n) is 12.1. The number of likely N-dealkylation sites (tertiary alicyclic amines) is 1. The van der Waals surface area contributed by atoms with Gasteiger partial charge in [-0.1, -0.05) is 66.2 Å². The molecule has 1 N–H and O–H groups in total. The van der Waals surface area contributed by atoms with Gasteiger partial charge < -0.3 is 14.9 Å². The van der Waals surface area contributed by atoms with Crippen LogP contribution < -0.4 is 4.90 Å². The van der Waals surface area contributed by atoms with Crippen molar-refractivity contribution < 1.29 is 5.11 Å². The van der Waals surface area contributed by atoms with Gasteiger partial charge >= 0.3 is 0 Å². The van der Waals surface area contributed by atoms with Gasteiger partial charge in [0.05, 0.1) is 5.60 Å². The van der Waals surface area contributed by atoms with Crippen molar-refractivity contribution in [2.45, 2.75) is 44.6 Å². The molecule has 0 spiro atoms. The zero-order chi connectivity index (χ0) is 22.0. The van der Waals surface area contributed by atoms with E-state index >= 15 is 0 Å². The molecule has 1 fully saturated rings. The smallest absolute Gasteiger partial charge is 0.0920 e. The molecule has 0 aliphatic carbocycles. The van der Waals surface area contributed by atoms with E-state index in [1.165, 1.54) is 28.1 Å². The van der Waals surface area contributed by atoms with Crippen molar-refractivity contribution in [2.24, 2.45) is 0 Å². The summed E-state index contributed by atoms with van der Waals surface area (Å²) in [4.78, 5) is 5.06. The Bertz CT molecular complexity index is 1010. The number of fused-ring (bicyclic) bond motifs is 2. The number of hydrogen-bond donors (Lipinski definition) is 1. The fraction of sp³-hybridized carbons (Fsp3) is 0.379. The summed E-state index contributed by atoms with van der Waals surface area (Å²) in [5.41, 5.74) is 7.27. The molecule has 0 amide bonds. The van der Waals surface area contributed by atoms with Crippen molar-refractivity contribution >= 4 is 23.8 Å². The van der Waals surface area contributed by atoms with E-state index in [2.05, 4.69) is 89.5 Å². The molecule has 3 nitrogen and oxygen atoms in total. The molecule has 5 rings (SSSR count). The van der Waals surface area contributed by atoms with Crippen LogP contribution in [0.25, 0.3) is 0 Å². The van der Waals surface area contributed by atoms with Crippen LogP contribution >= 0.6 is 12.4 Å². The van der Waals surface area contributed by atoms with Gasteiger partial charge in [0, 0.05) is 31.0 Å². The lowest BCUT2D eigenvalue weighted by molar-refractivity contribution is -0.0258. The second-order valence-corrected chi connectivity index (χ2v) is 9.50. The van der Waals surface area contributed by atoms with Crippen LogP contribution in [0.1, 0.15) is 41.5 Å². The number of anilines is 2. The Labute approximate surface area is 204 Å². The van der Waals surface area contributed by atoms with Crippen molar-refractivity contribution in [1.29, 1.82) is 0 Å². The number of benzene rings is 3. The van der Waals surface area contributed by atoms with Crippen LogP contribution in [-0.4, -0.2) is 36.2 Å². The van der Waals surface area contributed by atoms with Crippen LogP contribution in [-0.2, 0) is 18.4 Å². The minimum atomic E-state index is -0.674. The van der Waals surface area contributed by atoms with Crippen LogP contribution in [0, 0.1) is 6.92 Å². The lowest BCUT2D eigenvalue weighted by Crippen LogP contribution is -2.43. The van der Waals surface area contributed by atoms with Gasteiger partial charge in [-0.05, 0) is 74.4 Å². The molecule has 2 aliphatic heterocycles. The third kappa shape index (κ3) is 5.11. The highest BCUT2D eigenvalue weighted by Crippen LogP contribution is 2.36. The van der Waals surface area contributed by atoms with E-state index in [0.717, 1.165) is 63.8 Å². The predicted octanol–water partition coefficient (Wildman–Crippen LogP) is 6.03. The molecule has 1 saturated heterocycles. The average molecular weight is 463 g/mol. The first-order valence-corrected chi connectivity index (χ1v) is 12.1. The highest BCUT2D eigenvalue weighted by molar-refractivity contribution is 5.85. The fourth-order valence-corrected chi connectivity index (χ4v) is 5.36. The third-order valence-electron chi connectivity index (χ3n) is 7.36. The molecule has 0 atom stereocenters. The van der Waals surface area contributed by atoms with Gasteiger partial charge in [0.25, 0.3) is 0 Å². The molecular weight excluding hydrogens is 428 g/mol. The molecule has 2 heterocycles. The van der Waals surface area contributed by atoms with Gasteiger partial charge in [0.2, 0.25) is 0 Å². The first-order chi connectivity index (χ1) is 15.6. The third-order valence-corrected chi connectivity index (χ3v) is 7.36. The molecular formula is C29H35ClN2O. The Morgan fingerprint density at radius 2 is 1.30 bits per heavy atom. The molecule has 0 radical (unpaired) electrons. The number of para-hydroxylation sites is 2. The molecule has 0 aromatic heterocycles. The highest BCUT2D eigenvalue weighted by Gasteiger charge is 2.33. The lowest BCUT2D eigenvalue weighted by Gasteiger charge is -2.39. The number of hydrogen-bond acceptors (Lipinski definition) is 3. The molecule has 3 aromatic carbocycles. The summed E-state index contributed by atoms with van der Waals surface area (Å²) in [5.74, 6) is 0. The van der Waals surface area contributed by atoms with Gasteiger partial charge in [-0.25, -0.2) is 0 Å². The van der Waals surface area contributed by atoms with Crippen molar-refractivity contribution in [1.82, 2.24) is 4.90 Å². The normalized spacial score (nSPS) is 17.5. The van der Waals surface area contributed by atoms with E-state index in [9.17, 15) is 5.11 Å². The van der Waals surface area contributed by atoms with Gasteiger partial charge in [0.15, 0.2) is 0 Å². The number of nitrogens with zero attached hydrogens (tertiary/aromatic N) is 2. The Morgan fingerprint density at radius 1 is 0.758 bits per heavy atom. The van der Waals surface area contributed by atoms with Crippen LogP contribution in [0.15, 0.2) is 72.8 Å². The Hall–Kier alpha value is -2.33. The Morgan fingerprint density at radius 3 is 1.88 bits per heavy atom. The maximum atomic E-state index is 11.2. The topological polar surface area (TPSA) is 26.7 Å². The maximum absolute atomic E-state index is 11.2. The second-order valence-electron chi connectivity index (χ2n) is 9.50. The van der Waals surface area contributed by atoms with E-state index in [4.69, 9.17) is 0 Å². The van der Waals surface area contributed by atoms with Crippen molar-refractivity contribution in [3.63, 3.8) is 0 Å². The minimum absolute atomic E-state index is 0. The summed E-state index contributed by atoms with van der Waals surface area (Å²) in [7, 11) is 0. The number of halogens is 1. The van der Waals surface area contributed by atoms with E-state index < -0.39 is 5.60 Å². The van der Waals surface area contributed by atoms with E-state index in [1.807, 2.05) is 0 Å². The number of rotatable bonds is 5. The van der Waals surface area contributed by atoms with Gasteiger partial charge in [-0.3, -0.25) is 0 Å². The van der Waals surface area contributed by atoms with Crippen molar-refractivity contribution in [3.05, 3.63) is 95.1 Å². The summed E-state index contributed by atoms with van der Waals surface area (Å²) >= 11 is 0. The second kappa shape index (κ2) is 10.3. The lowest BCUT2D eigenvalue weighted by atomic mass is 9.84. The molecule has 0 saturated carbocycles. The predicted molar refractivity (Wildman–Crippen MR) is 140 cm³/mol. The summed E-state index contributed by atoms with van der Waals surface area (Å²) in [6.45, 7) is 6.10.